The van der Waals surface area contributed by atoms with E-state index < -0.39 is 0 Å². The lowest BCUT2D eigenvalue weighted by Gasteiger charge is -2.22. The summed E-state index contributed by atoms with van der Waals surface area (Å²) in [5.74, 6) is 0.795. The zero-order valence-corrected chi connectivity index (χ0v) is 14.4. The average Bonchev–Trinajstić information content (AvgIpc) is 3.34. The third kappa shape index (κ3) is 3.35. The van der Waals surface area contributed by atoms with E-state index in [1.807, 2.05) is 64.9 Å². The van der Waals surface area contributed by atoms with E-state index >= 15 is 0 Å². The van der Waals surface area contributed by atoms with Gasteiger partial charge in [-0.3, -0.25) is 4.79 Å². The molecule has 0 aliphatic rings. The van der Waals surface area contributed by atoms with Gasteiger partial charge in [0.2, 0.25) is 0 Å². The Bertz CT molecular complexity index is 933. The van der Waals surface area contributed by atoms with Crippen molar-refractivity contribution in [3.63, 3.8) is 0 Å². The predicted octanol–water partition coefficient (Wildman–Crippen LogP) is 5.34. The van der Waals surface area contributed by atoms with E-state index in [-0.39, 0.29) is 5.91 Å². The number of rotatable bonds is 5. The minimum absolute atomic E-state index is 0.0133. The summed E-state index contributed by atoms with van der Waals surface area (Å²) in [6.07, 6.45) is 1.64. The van der Waals surface area contributed by atoms with Crippen LogP contribution in [-0.4, -0.2) is 10.8 Å². The van der Waals surface area contributed by atoms with Crippen molar-refractivity contribution in [3.8, 4) is 0 Å². The molecule has 0 radical (unpaired) electrons. The van der Waals surface area contributed by atoms with Gasteiger partial charge < -0.3 is 9.32 Å². The number of nitrogens with zero attached hydrogens (tertiary/aromatic N) is 1. The highest BCUT2D eigenvalue weighted by molar-refractivity contribution is 7.07. The van der Waals surface area contributed by atoms with Crippen molar-refractivity contribution in [2.45, 2.75) is 13.1 Å². The van der Waals surface area contributed by atoms with Gasteiger partial charge in [-0.05, 0) is 51.4 Å². The molecule has 0 unspecified atom stereocenters. The fourth-order valence-corrected chi connectivity index (χ4v) is 3.64. The Hall–Kier alpha value is -2.85. The molecule has 0 saturated heterocycles. The van der Waals surface area contributed by atoms with E-state index in [0.29, 0.717) is 13.1 Å². The van der Waals surface area contributed by atoms with E-state index in [2.05, 4.69) is 11.4 Å². The van der Waals surface area contributed by atoms with Gasteiger partial charge in [-0.1, -0.05) is 36.4 Å². The first-order valence-electron chi connectivity index (χ1n) is 8.12. The average molecular weight is 347 g/mol. The van der Waals surface area contributed by atoms with Crippen molar-refractivity contribution in [3.05, 3.63) is 94.6 Å². The molecule has 1 amide bonds. The van der Waals surface area contributed by atoms with E-state index in [4.69, 9.17) is 4.42 Å². The number of hydrogen-bond donors (Lipinski definition) is 0. The van der Waals surface area contributed by atoms with Crippen LogP contribution < -0.4 is 0 Å². The first kappa shape index (κ1) is 15.7. The Morgan fingerprint density at radius 3 is 2.64 bits per heavy atom. The maximum Gasteiger partial charge on any atom is 0.255 e. The molecule has 25 heavy (non-hydrogen) atoms. The number of benzene rings is 2. The molecule has 0 aliphatic heterocycles. The lowest BCUT2D eigenvalue weighted by atomic mass is 10.0. The fraction of sp³-hybridized carbons (Fsp3) is 0.0952. The van der Waals surface area contributed by atoms with Crippen LogP contribution in [0.15, 0.2) is 82.1 Å². The molecule has 0 N–H and O–H groups in total. The van der Waals surface area contributed by atoms with E-state index in [1.54, 1.807) is 17.6 Å². The number of fused-ring (bicyclic) bond motifs is 1. The standard InChI is InChI=1S/C21H17NO2S/c23-21(20-9-3-6-17-5-1-2-8-19(17)20)22(13-16-10-12-25-15-16)14-18-7-4-11-24-18/h1-12,15H,13-14H2. The molecule has 0 fully saturated rings. The Morgan fingerprint density at radius 2 is 1.84 bits per heavy atom. The number of hydrogen-bond acceptors (Lipinski definition) is 3. The van der Waals surface area contributed by atoms with Crippen LogP contribution in [0.3, 0.4) is 0 Å². The van der Waals surface area contributed by atoms with Crippen molar-refractivity contribution in [1.82, 2.24) is 4.90 Å². The van der Waals surface area contributed by atoms with Crippen molar-refractivity contribution in [2.75, 3.05) is 0 Å². The normalized spacial score (nSPS) is 10.9. The molecule has 4 heteroatoms. The van der Waals surface area contributed by atoms with Gasteiger partial charge in [0.15, 0.2) is 0 Å². The van der Waals surface area contributed by atoms with Crippen LogP contribution in [0.2, 0.25) is 0 Å². The summed E-state index contributed by atoms with van der Waals surface area (Å²) < 4.78 is 5.47. The Kier molecular flexibility index (Phi) is 4.36. The minimum atomic E-state index is 0.0133. The summed E-state index contributed by atoms with van der Waals surface area (Å²) in [6, 6.07) is 19.6. The van der Waals surface area contributed by atoms with Gasteiger partial charge in [0.25, 0.3) is 5.91 Å². The van der Waals surface area contributed by atoms with Gasteiger partial charge in [0.1, 0.15) is 5.76 Å². The van der Waals surface area contributed by atoms with Crippen LogP contribution in [0.4, 0.5) is 0 Å². The zero-order chi connectivity index (χ0) is 17.1. The second-order valence-corrected chi connectivity index (χ2v) is 6.68. The molecule has 0 bridgehead atoms. The quantitative estimate of drug-likeness (QED) is 0.488. The molecule has 2 heterocycles. The third-order valence-corrected chi connectivity index (χ3v) is 4.92. The highest BCUT2D eigenvalue weighted by Crippen LogP contribution is 2.22. The Morgan fingerprint density at radius 1 is 0.960 bits per heavy atom. The molecule has 124 valence electrons. The van der Waals surface area contributed by atoms with Gasteiger partial charge >= 0.3 is 0 Å². The molecular weight excluding hydrogens is 330 g/mol. The lowest BCUT2D eigenvalue weighted by molar-refractivity contribution is 0.0720. The van der Waals surface area contributed by atoms with Crippen LogP contribution in [-0.2, 0) is 13.1 Å². The van der Waals surface area contributed by atoms with Gasteiger partial charge in [-0.25, -0.2) is 0 Å². The van der Waals surface area contributed by atoms with Gasteiger partial charge in [-0.15, -0.1) is 0 Å². The van der Waals surface area contributed by atoms with Crippen molar-refractivity contribution in [1.29, 1.82) is 0 Å². The molecule has 0 saturated carbocycles. The molecule has 4 rings (SSSR count). The van der Waals surface area contributed by atoms with Crippen molar-refractivity contribution in [2.24, 2.45) is 0 Å². The second-order valence-electron chi connectivity index (χ2n) is 5.90. The summed E-state index contributed by atoms with van der Waals surface area (Å²) in [5.41, 5.74) is 1.85. The van der Waals surface area contributed by atoms with Crippen molar-refractivity contribution >= 4 is 28.0 Å². The van der Waals surface area contributed by atoms with E-state index in [1.165, 1.54) is 0 Å². The topological polar surface area (TPSA) is 33.5 Å². The van der Waals surface area contributed by atoms with Gasteiger partial charge in [0.05, 0.1) is 12.8 Å². The van der Waals surface area contributed by atoms with Crippen LogP contribution in [0.25, 0.3) is 10.8 Å². The SMILES string of the molecule is O=C(c1cccc2ccccc12)N(Cc1ccsc1)Cc1ccco1. The lowest BCUT2D eigenvalue weighted by Crippen LogP contribution is -2.30. The Balaban J connectivity index is 1.70. The van der Waals surface area contributed by atoms with Crippen LogP contribution >= 0.6 is 11.3 Å². The van der Waals surface area contributed by atoms with Gasteiger partial charge in [0, 0.05) is 12.1 Å². The molecule has 0 spiro atoms. The largest absolute Gasteiger partial charge is 0.467 e. The van der Waals surface area contributed by atoms with Gasteiger partial charge in [-0.2, -0.15) is 11.3 Å². The highest BCUT2D eigenvalue weighted by Gasteiger charge is 2.19. The molecule has 4 aromatic rings. The minimum Gasteiger partial charge on any atom is -0.467 e. The first-order valence-corrected chi connectivity index (χ1v) is 9.06. The van der Waals surface area contributed by atoms with E-state index in [0.717, 1.165) is 27.7 Å². The number of carbonyl (C=O) groups excluding carboxylic acids is 1. The monoisotopic (exact) mass is 347 g/mol. The smallest absolute Gasteiger partial charge is 0.255 e. The second kappa shape index (κ2) is 6.95. The summed E-state index contributed by atoms with van der Waals surface area (Å²) in [7, 11) is 0. The predicted molar refractivity (Wildman–Crippen MR) is 101 cm³/mol. The first-order chi connectivity index (χ1) is 12.3. The number of carbonyl (C=O) groups is 1. The summed E-state index contributed by atoms with van der Waals surface area (Å²) in [5, 5.41) is 6.15. The molecule has 0 aliphatic carbocycles. The summed E-state index contributed by atoms with van der Waals surface area (Å²) in [4.78, 5) is 15.1. The molecule has 2 aromatic carbocycles. The zero-order valence-electron chi connectivity index (χ0n) is 13.6. The van der Waals surface area contributed by atoms with Crippen molar-refractivity contribution < 1.29 is 9.21 Å². The number of amides is 1. The van der Waals surface area contributed by atoms with E-state index in [9.17, 15) is 4.79 Å². The third-order valence-electron chi connectivity index (χ3n) is 4.19. The maximum atomic E-state index is 13.3. The fourth-order valence-electron chi connectivity index (χ4n) is 2.98. The highest BCUT2D eigenvalue weighted by atomic mass is 32.1. The molecule has 2 aromatic heterocycles. The summed E-state index contributed by atoms with van der Waals surface area (Å²) in [6.45, 7) is 1.01. The summed E-state index contributed by atoms with van der Waals surface area (Å²) >= 11 is 1.64. The number of furan rings is 1. The van der Waals surface area contributed by atoms with Crippen LogP contribution in [0.5, 0.6) is 0 Å². The molecular formula is C21H17NO2S. The maximum absolute atomic E-state index is 13.3. The molecule has 0 atom stereocenters. The van der Waals surface area contributed by atoms with Crippen LogP contribution in [0, 0.1) is 0 Å². The Labute approximate surface area is 150 Å². The number of thiophene rings is 1. The molecule has 3 nitrogen and oxygen atoms in total. The van der Waals surface area contributed by atoms with Crippen LogP contribution in [0.1, 0.15) is 21.7 Å².